The molecule has 0 spiro atoms. The summed E-state index contributed by atoms with van der Waals surface area (Å²) in [5.41, 5.74) is -0.442. The fourth-order valence-corrected chi connectivity index (χ4v) is 4.93. The molecule has 30 heavy (non-hydrogen) atoms. The average Bonchev–Trinajstić information content (AvgIpc) is 3.31. The van der Waals surface area contributed by atoms with E-state index in [-0.39, 0.29) is 42.0 Å². The van der Waals surface area contributed by atoms with E-state index in [0.717, 1.165) is 51.4 Å². The van der Waals surface area contributed by atoms with Crippen molar-refractivity contribution in [2.45, 2.75) is 95.3 Å². The molecule has 8 nitrogen and oxygen atoms in total. The van der Waals surface area contributed by atoms with Crippen molar-refractivity contribution in [3.63, 3.8) is 0 Å². The fraction of sp³-hybridized carbons (Fsp3) is 0.727. The second-order valence-electron chi connectivity index (χ2n) is 9.33. The number of carbonyl (C=O) groups excluding carboxylic acids is 3. The zero-order chi connectivity index (χ0) is 21.3. The minimum atomic E-state index is -1.04. The highest BCUT2D eigenvalue weighted by Crippen LogP contribution is 2.27. The van der Waals surface area contributed by atoms with Crippen LogP contribution >= 0.6 is 0 Å². The molecule has 2 heterocycles. The van der Waals surface area contributed by atoms with Crippen LogP contribution in [0, 0.1) is 0 Å². The molecule has 3 amide bonds. The number of nitrogens with zero attached hydrogens (tertiary/aromatic N) is 3. The van der Waals surface area contributed by atoms with Crippen LogP contribution < -0.4 is 10.6 Å². The number of likely N-dealkylation sites (N-methyl/N-ethyl adjacent to an activating group) is 1. The van der Waals surface area contributed by atoms with Gasteiger partial charge in [0.2, 0.25) is 5.91 Å². The van der Waals surface area contributed by atoms with Crippen molar-refractivity contribution < 1.29 is 14.4 Å². The Bertz CT molecular complexity index is 821. The molecule has 164 valence electrons. The lowest BCUT2D eigenvalue weighted by Crippen LogP contribution is -2.63. The van der Waals surface area contributed by atoms with Crippen LogP contribution in [0.2, 0.25) is 0 Å². The summed E-state index contributed by atoms with van der Waals surface area (Å²) in [5, 5.41) is 10.6. The minimum Gasteiger partial charge on any atom is -0.351 e. The molecular weight excluding hydrogens is 382 g/mol. The van der Waals surface area contributed by atoms with E-state index >= 15 is 0 Å². The number of hydrogen-bond acceptors (Lipinski definition) is 4. The van der Waals surface area contributed by atoms with E-state index in [0.29, 0.717) is 5.69 Å². The van der Waals surface area contributed by atoms with Gasteiger partial charge in [0.15, 0.2) is 5.69 Å². The Morgan fingerprint density at radius 3 is 2.20 bits per heavy atom. The highest BCUT2D eigenvalue weighted by molar-refractivity contribution is 6.01. The number of hydrogen-bond donors (Lipinski definition) is 2. The molecule has 0 unspecified atom stereocenters. The topological polar surface area (TPSA) is 96.3 Å². The van der Waals surface area contributed by atoms with Crippen LogP contribution in [-0.4, -0.2) is 57.1 Å². The van der Waals surface area contributed by atoms with Gasteiger partial charge in [0.25, 0.3) is 11.8 Å². The molecule has 0 saturated heterocycles. The number of amides is 3. The zero-order valence-electron chi connectivity index (χ0n) is 18.1. The number of aromatic nitrogens is 2. The third-order valence-electron chi connectivity index (χ3n) is 7.10. The largest absolute Gasteiger partial charge is 0.351 e. The Morgan fingerprint density at radius 2 is 1.57 bits per heavy atom. The van der Waals surface area contributed by atoms with Gasteiger partial charge in [-0.3, -0.25) is 19.1 Å². The summed E-state index contributed by atoms with van der Waals surface area (Å²) in [4.78, 5) is 40.3. The van der Waals surface area contributed by atoms with Crippen molar-refractivity contribution in [1.82, 2.24) is 25.3 Å². The molecule has 8 heteroatoms. The molecule has 1 aliphatic heterocycles. The second-order valence-corrected chi connectivity index (χ2v) is 9.33. The summed E-state index contributed by atoms with van der Waals surface area (Å²) in [7, 11) is 1.66. The Hall–Kier alpha value is -2.38. The number of rotatable bonds is 4. The van der Waals surface area contributed by atoms with Gasteiger partial charge in [-0.05, 0) is 32.6 Å². The predicted molar refractivity (Wildman–Crippen MR) is 112 cm³/mol. The van der Waals surface area contributed by atoms with Crippen LogP contribution in [0.15, 0.2) is 6.07 Å². The first kappa shape index (κ1) is 20.9. The maximum Gasteiger partial charge on any atom is 0.272 e. The Balaban J connectivity index is 1.50. The molecule has 2 fully saturated rings. The van der Waals surface area contributed by atoms with Crippen LogP contribution in [0.5, 0.6) is 0 Å². The lowest BCUT2D eigenvalue weighted by Gasteiger charge is -2.41. The Morgan fingerprint density at radius 1 is 1.00 bits per heavy atom. The van der Waals surface area contributed by atoms with Gasteiger partial charge in [-0.25, -0.2) is 0 Å². The summed E-state index contributed by atoms with van der Waals surface area (Å²) in [6.07, 6.45) is 10.9. The number of nitrogens with one attached hydrogen (secondary N) is 2. The van der Waals surface area contributed by atoms with Gasteiger partial charge in [-0.2, -0.15) is 5.10 Å². The van der Waals surface area contributed by atoms with Crippen molar-refractivity contribution in [2.75, 3.05) is 7.05 Å². The predicted octanol–water partition coefficient (Wildman–Crippen LogP) is 2.24. The smallest absolute Gasteiger partial charge is 0.272 e. The average molecular weight is 416 g/mol. The summed E-state index contributed by atoms with van der Waals surface area (Å²) in [6, 6.07) is 1.89. The van der Waals surface area contributed by atoms with Crippen LogP contribution in [-0.2, 0) is 11.3 Å². The van der Waals surface area contributed by atoms with Gasteiger partial charge in [0, 0.05) is 25.2 Å². The highest BCUT2D eigenvalue weighted by Gasteiger charge is 2.46. The number of fused-ring (bicyclic) bond motifs is 1. The molecule has 2 aliphatic carbocycles. The van der Waals surface area contributed by atoms with E-state index in [9.17, 15) is 14.4 Å². The van der Waals surface area contributed by atoms with E-state index in [1.807, 2.05) is 0 Å². The summed E-state index contributed by atoms with van der Waals surface area (Å²) in [6.45, 7) is 2.01. The Labute approximate surface area is 177 Å². The molecule has 0 radical (unpaired) electrons. The van der Waals surface area contributed by atoms with Gasteiger partial charge in [0.1, 0.15) is 11.2 Å². The third-order valence-corrected chi connectivity index (χ3v) is 7.10. The maximum atomic E-state index is 13.2. The van der Waals surface area contributed by atoms with Gasteiger partial charge in [0.05, 0.1) is 6.54 Å². The van der Waals surface area contributed by atoms with Gasteiger partial charge >= 0.3 is 0 Å². The monoisotopic (exact) mass is 415 g/mol. The SMILES string of the molecule is CN1C(=O)c2cc(C(=O)NC3CCCC3)nn2C[C@@]1(C)C(=O)NC1CCCCCC1. The van der Waals surface area contributed by atoms with E-state index < -0.39 is 5.54 Å². The van der Waals surface area contributed by atoms with E-state index in [1.165, 1.54) is 22.4 Å². The molecule has 0 aromatic carbocycles. The first-order chi connectivity index (χ1) is 14.4. The molecule has 4 rings (SSSR count). The van der Waals surface area contributed by atoms with E-state index in [1.54, 1.807) is 20.0 Å². The zero-order valence-corrected chi connectivity index (χ0v) is 18.1. The normalized spacial score (nSPS) is 25.7. The van der Waals surface area contributed by atoms with Crippen LogP contribution in [0.1, 0.15) is 92.1 Å². The van der Waals surface area contributed by atoms with Gasteiger partial charge < -0.3 is 15.5 Å². The van der Waals surface area contributed by atoms with Crippen LogP contribution in [0.25, 0.3) is 0 Å². The minimum absolute atomic E-state index is 0.150. The van der Waals surface area contributed by atoms with Crippen molar-refractivity contribution in [2.24, 2.45) is 0 Å². The van der Waals surface area contributed by atoms with Crippen molar-refractivity contribution in [3.8, 4) is 0 Å². The summed E-state index contributed by atoms with van der Waals surface area (Å²) in [5.74, 6) is -0.681. The molecule has 1 aromatic heterocycles. The lowest BCUT2D eigenvalue weighted by molar-refractivity contribution is -0.133. The van der Waals surface area contributed by atoms with Crippen molar-refractivity contribution in [3.05, 3.63) is 17.5 Å². The summed E-state index contributed by atoms with van der Waals surface area (Å²) < 4.78 is 1.53. The first-order valence-corrected chi connectivity index (χ1v) is 11.4. The fourth-order valence-electron chi connectivity index (χ4n) is 4.93. The number of carbonyl (C=O) groups is 3. The molecular formula is C22H33N5O3. The van der Waals surface area contributed by atoms with Crippen LogP contribution in [0.3, 0.4) is 0 Å². The molecule has 0 bridgehead atoms. The second kappa shape index (κ2) is 8.40. The first-order valence-electron chi connectivity index (χ1n) is 11.4. The molecule has 2 saturated carbocycles. The highest BCUT2D eigenvalue weighted by atomic mass is 16.2. The molecule has 2 N–H and O–H groups in total. The quantitative estimate of drug-likeness (QED) is 0.737. The van der Waals surface area contributed by atoms with E-state index in [4.69, 9.17) is 0 Å². The molecule has 3 aliphatic rings. The standard InChI is InChI=1S/C22H33N5O3/c1-22(21(30)24-16-9-5-3-4-6-10-16)14-27-18(20(29)26(22)2)13-17(25-27)19(28)23-15-11-7-8-12-15/h13,15-16H,3-12,14H2,1-2H3,(H,23,28)(H,24,30)/t22-/m0/s1. The maximum absolute atomic E-state index is 13.2. The lowest BCUT2D eigenvalue weighted by atomic mass is 9.95. The summed E-state index contributed by atoms with van der Waals surface area (Å²) >= 11 is 0. The third kappa shape index (κ3) is 3.96. The van der Waals surface area contributed by atoms with E-state index in [2.05, 4.69) is 15.7 Å². The van der Waals surface area contributed by atoms with Gasteiger partial charge in [-0.1, -0.05) is 38.5 Å². The van der Waals surface area contributed by atoms with Gasteiger partial charge in [-0.15, -0.1) is 0 Å². The molecule has 1 aromatic rings. The van der Waals surface area contributed by atoms with Crippen molar-refractivity contribution in [1.29, 1.82) is 0 Å². The Kier molecular flexibility index (Phi) is 5.84. The van der Waals surface area contributed by atoms with Crippen LogP contribution in [0.4, 0.5) is 0 Å². The van der Waals surface area contributed by atoms with Crippen molar-refractivity contribution >= 4 is 17.7 Å². The molecule has 1 atom stereocenters.